The van der Waals surface area contributed by atoms with Crippen molar-refractivity contribution >= 4 is 0 Å². The molecule has 2 rings (SSSR count). The van der Waals surface area contributed by atoms with Crippen molar-refractivity contribution in [1.29, 1.82) is 5.26 Å². The average molecular weight is 272 g/mol. The minimum absolute atomic E-state index is 0.0335. The van der Waals surface area contributed by atoms with E-state index in [0.29, 0.717) is 6.54 Å². The molecule has 0 heterocycles. The van der Waals surface area contributed by atoms with Crippen LogP contribution in [0.1, 0.15) is 29.7 Å². The maximum atomic E-state index is 13.2. The first-order chi connectivity index (χ1) is 9.60. The van der Waals surface area contributed by atoms with Gasteiger partial charge in [-0.2, -0.15) is 5.26 Å². The van der Waals surface area contributed by atoms with E-state index in [1.807, 2.05) is 13.0 Å². The van der Waals surface area contributed by atoms with Gasteiger partial charge in [-0.25, -0.2) is 8.78 Å². The second kappa shape index (κ2) is 6.27. The lowest BCUT2D eigenvalue weighted by molar-refractivity contribution is 0.569. The fourth-order valence-electron chi connectivity index (χ4n) is 1.91. The average Bonchev–Trinajstić information content (AvgIpc) is 2.46. The number of nitrogens with one attached hydrogen (secondary N) is 1. The molecule has 0 aliphatic heterocycles. The largest absolute Gasteiger partial charge is 0.306 e. The second-order valence-electron chi connectivity index (χ2n) is 4.58. The highest BCUT2D eigenvalue weighted by atomic mass is 19.1. The fraction of sp³-hybridized carbons (Fsp3) is 0.188. The molecule has 0 spiro atoms. The van der Waals surface area contributed by atoms with Crippen LogP contribution in [0.25, 0.3) is 0 Å². The zero-order chi connectivity index (χ0) is 14.5. The van der Waals surface area contributed by atoms with Gasteiger partial charge < -0.3 is 5.32 Å². The molecule has 0 saturated heterocycles. The van der Waals surface area contributed by atoms with Crippen LogP contribution in [0.2, 0.25) is 0 Å². The maximum Gasteiger partial charge on any atom is 0.140 e. The second-order valence-corrected chi connectivity index (χ2v) is 4.58. The lowest BCUT2D eigenvalue weighted by Gasteiger charge is -2.14. The number of hydrogen-bond donors (Lipinski definition) is 1. The van der Waals surface area contributed by atoms with Gasteiger partial charge in [-0.3, -0.25) is 0 Å². The van der Waals surface area contributed by atoms with Gasteiger partial charge in [0, 0.05) is 12.6 Å². The molecule has 1 N–H and O–H groups in total. The van der Waals surface area contributed by atoms with E-state index in [2.05, 4.69) is 5.32 Å². The first-order valence-corrected chi connectivity index (χ1v) is 6.27. The van der Waals surface area contributed by atoms with Crippen LogP contribution in [0.4, 0.5) is 8.78 Å². The van der Waals surface area contributed by atoms with Crippen LogP contribution in [0, 0.1) is 23.0 Å². The van der Waals surface area contributed by atoms with E-state index in [1.54, 1.807) is 18.2 Å². The molecule has 1 atom stereocenters. The Morgan fingerprint density at radius 2 is 1.85 bits per heavy atom. The summed E-state index contributed by atoms with van der Waals surface area (Å²) in [6.45, 7) is 2.47. The molecule has 0 amide bonds. The molecular formula is C16H14F2N2. The number of rotatable bonds is 4. The van der Waals surface area contributed by atoms with Crippen LogP contribution in [-0.4, -0.2) is 0 Å². The molecule has 0 fully saturated rings. The van der Waals surface area contributed by atoms with Gasteiger partial charge in [0.2, 0.25) is 0 Å². The molecule has 2 aromatic rings. The maximum absolute atomic E-state index is 13.2. The van der Waals surface area contributed by atoms with Crippen LogP contribution < -0.4 is 5.32 Å². The molecule has 20 heavy (non-hydrogen) atoms. The highest BCUT2D eigenvalue weighted by Gasteiger charge is 2.07. The summed E-state index contributed by atoms with van der Waals surface area (Å²) in [6.07, 6.45) is 0. The van der Waals surface area contributed by atoms with Crippen molar-refractivity contribution in [2.24, 2.45) is 0 Å². The molecule has 4 heteroatoms. The van der Waals surface area contributed by atoms with Gasteiger partial charge in [-0.1, -0.05) is 18.2 Å². The molecule has 2 aromatic carbocycles. The minimum Gasteiger partial charge on any atom is -0.306 e. The van der Waals surface area contributed by atoms with Gasteiger partial charge >= 0.3 is 0 Å². The highest BCUT2D eigenvalue weighted by Crippen LogP contribution is 2.15. The Morgan fingerprint density at radius 3 is 2.50 bits per heavy atom. The summed E-state index contributed by atoms with van der Waals surface area (Å²) in [6, 6.07) is 12.6. The summed E-state index contributed by atoms with van der Waals surface area (Å²) in [5, 5.41) is 12.0. The number of hydrogen-bond acceptors (Lipinski definition) is 2. The fourth-order valence-corrected chi connectivity index (χ4v) is 1.91. The standard InChI is InChI=1S/C16H14F2N2/c1-11(13-3-5-15(17)6-4-13)20-10-12-2-7-16(18)14(8-12)9-19/h2-8,11,20H,10H2,1H3/t11-/m0/s1. The monoisotopic (exact) mass is 272 g/mol. The van der Waals surface area contributed by atoms with Gasteiger partial charge in [0.1, 0.15) is 17.7 Å². The Morgan fingerprint density at radius 1 is 1.15 bits per heavy atom. The molecule has 0 aromatic heterocycles. The zero-order valence-corrected chi connectivity index (χ0v) is 11.0. The van der Waals surface area contributed by atoms with Crippen LogP contribution in [0.15, 0.2) is 42.5 Å². The summed E-state index contributed by atoms with van der Waals surface area (Å²) in [5.74, 6) is -0.777. The molecular weight excluding hydrogens is 258 g/mol. The molecule has 0 radical (unpaired) electrons. The quantitative estimate of drug-likeness (QED) is 0.921. The third kappa shape index (κ3) is 3.40. The van der Waals surface area contributed by atoms with Crippen molar-refractivity contribution in [3.63, 3.8) is 0 Å². The minimum atomic E-state index is -0.511. The molecule has 102 valence electrons. The van der Waals surface area contributed by atoms with E-state index in [-0.39, 0.29) is 17.4 Å². The summed E-state index contributed by atoms with van der Waals surface area (Å²) in [5.41, 5.74) is 1.84. The summed E-state index contributed by atoms with van der Waals surface area (Å²) in [7, 11) is 0. The number of nitrogens with zero attached hydrogens (tertiary/aromatic N) is 1. The van der Waals surface area contributed by atoms with Gasteiger partial charge in [-0.15, -0.1) is 0 Å². The predicted octanol–water partition coefficient (Wildman–Crippen LogP) is 3.69. The van der Waals surface area contributed by atoms with Gasteiger partial charge in [0.05, 0.1) is 5.56 Å². The first-order valence-electron chi connectivity index (χ1n) is 6.27. The van der Waals surface area contributed by atoms with Crippen molar-refractivity contribution in [3.8, 4) is 6.07 Å². The third-order valence-electron chi connectivity index (χ3n) is 3.13. The third-order valence-corrected chi connectivity index (χ3v) is 3.13. The molecule has 0 unspecified atom stereocenters. The van der Waals surface area contributed by atoms with Crippen molar-refractivity contribution in [2.75, 3.05) is 0 Å². The topological polar surface area (TPSA) is 35.8 Å². The van der Waals surface area contributed by atoms with E-state index in [1.165, 1.54) is 24.3 Å². The molecule has 0 saturated carbocycles. The molecule has 2 nitrogen and oxygen atoms in total. The highest BCUT2D eigenvalue weighted by molar-refractivity contribution is 5.34. The smallest absolute Gasteiger partial charge is 0.140 e. The SMILES string of the molecule is C[C@H](NCc1ccc(F)c(C#N)c1)c1ccc(F)cc1. The van der Waals surface area contributed by atoms with E-state index in [4.69, 9.17) is 5.26 Å². The Kier molecular flexibility index (Phi) is 4.44. The Hall–Kier alpha value is -2.25. The molecule has 0 bridgehead atoms. The number of benzene rings is 2. The van der Waals surface area contributed by atoms with E-state index in [0.717, 1.165) is 11.1 Å². The Balaban J connectivity index is 2.01. The predicted molar refractivity (Wildman–Crippen MR) is 72.8 cm³/mol. The molecule has 0 aliphatic carbocycles. The van der Waals surface area contributed by atoms with E-state index in [9.17, 15) is 8.78 Å². The summed E-state index contributed by atoms with van der Waals surface area (Å²) in [4.78, 5) is 0. The van der Waals surface area contributed by atoms with Crippen molar-refractivity contribution in [1.82, 2.24) is 5.32 Å². The summed E-state index contributed by atoms with van der Waals surface area (Å²) < 4.78 is 26.0. The Labute approximate surface area is 116 Å². The zero-order valence-electron chi connectivity index (χ0n) is 11.0. The first kappa shape index (κ1) is 14.2. The van der Waals surface area contributed by atoms with Crippen molar-refractivity contribution < 1.29 is 8.78 Å². The van der Waals surface area contributed by atoms with Gasteiger partial charge in [-0.05, 0) is 42.3 Å². The summed E-state index contributed by atoms with van der Waals surface area (Å²) >= 11 is 0. The van der Waals surface area contributed by atoms with Crippen molar-refractivity contribution in [2.45, 2.75) is 19.5 Å². The molecule has 0 aliphatic rings. The van der Waals surface area contributed by atoms with Crippen LogP contribution >= 0.6 is 0 Å². The lowest BCUT2D eigenvalue weighted by atomic mass is 10.1. The van der Waals surface area contributed by atoms with Crippen LogP contribution in [0.5, 0.6) is 0 Å². The van der Waals surface area contributed by atoms with Crippen LogP contribution in [-0.2, 0) is 6.54 Å². The van der Waals surface area contributed by atoms with Gasteiger partial charge in [0.15, 0.2) is 0 Å². The Bertz CT molecular complexity index is 630. The van der Waals surface area contributed by atoms with E-state index >= 15 is 0 Å². The lowest BCUT2D eigenvalue weighted by Crippen LogP contribution is -2.18. The van der Waals surface area contributed by atoms with Crippen molar-refractivity contribution in [3.05, 3.63) is 70.8 Å². The normalized spacial score (nSPS) is 11.9. The van der Waals surface area contributed by atoms with Gasteiger partial charge in [0.25, 0.3) is 0 Å². The number of halogens is 2. The number of nitriles is 1. The van der Waals surface area contributed by atoms with Crippen LogP contribution in [0.3, 0.4) is 0 Å². The van der Waals surface area contributed by atoms with E-state index < -0.39 is 5.82 Å².